The highest BCUT2D eigenvalue weighted by Gasteiger charge is 2.29. The Balaban J connectivity index is 2.27. The van der Waals surface area contributed by atoms with Gasteiger partial charge in [-0.15, -0.1) is 0 Å². The van der Waals surface area contributed by atoms with Crippen molar-refractivity contribution < 1.29 is 13.2 Å². The van der Waals surface area contributed by atoms with Crippen LogP contribution in [0.25, 0.3) is 0 Å². The lowest BCUT2D eigenvalue weighted by Crippen LogP contribution is -2.14. The summed E-state index contributed by atoms with van der Waals surface area (Å²) in [5, 5.41) is 3.04. The molecule has 0 radical (unpaired) electrons. The standard InChI is InChI=1S/C15H14F3N3/c1-20-14(19)12-4-2-3-5-13(12)21-11-8-6-10(7-9-11)15(16,17)18/h2-9,21H,1H3,(H2,19,20). The maximum Gasteiger partial charge on any atom is 0.416 e. The van der Waals surface area contributed by atoms with Crippen molar-refractivity contribution in [3.05, 3.63) is 59.7 Å². The zero-order valence-corrected chi connectivity index (χ0v) is 11.3. The van der Waals surface area contributed by atoms with Gasteiger partial charge in [-0.1, -0.05) is 12.1 Å². The number of amidine groups is 1. The van der Waals surface area contributed by atoms with Crippen molar-refractivity contribution in [1.82, 2.24) is 0 Å². The molecule has 21 heavy (non-hydrogen) atoms. The van der Waals surface area contributed by atoms with Crippen LogP contribution < -0.4 is 11.1 Å². The Morgan fingerprint density at radius 1 is 1.05 bits per heavy atom. The summed E-state index contributed by atoms with van der Waals surface area (Å²) in [7, 11) is 1.57. The van der Waals surface area contributed by atoms with Gasteiger partial charge in [0.25, 0.3) is 0 Å². The topological polar surface area (TPSA) is 50.4 Å². The molecule has 6 heteroatoms. The molecule has 0 fully saturated rings. The Morgan fingerprint density at radius 2 is 1.67 bits per heavy atom. The van der Waals surface area contributed by atoms with Gasteiger partial charge in [0.15, 0.2) is 0 Å². The Kier molecular flexibility index (Phi) is 4.16. The molecule has 0 aliphatic carbocycles. The summed E-state index contributed by atoms with van der Waals surface area (Å²) in [5.74, 6) is 0.352. The summed E-state index contributed by atoms with van der Waals surface area (Å²) in [5.41, 5.74) is 7.02. The fraction of sp³-hybridized carbons (Fsp3) is 0.133. The van der Waals surface area contributed by atoms with E-state index in [4.69, 9.17) is 5.73 Å². The zero-order valence-electron chi connectivity index (χ0n) is 11.3. The van der Waals surface area contributed by atoms with Gasteiger partial charge in [0.1, 0.15) is 5.84 Å². The van der Waals surface area contributed by atoms with Crippen LogP contribution in [0.2, 0.25) is 0 Å². The molecule has 0 saturated carbocycles. The number of aliphatic imine (C=N–C) groups is 1. The molecule has 3 nitrogen and oxygen atoms in total. The summed E-state index contributed by atoms with van der Waals surface area (Å²) >= 11 is 0. The Bertz CT molecular complexity index is 646. The van der Waals surface area contributed by atoms with E-state index in [-0.39, 0.29) is 0 Å². The molecule has 2 aromatic carbocycles. The molecule has 0 bridgehead atoms. The third-order valence-corrected chi connectivity index (χ3v) is 2.94. The molecule has 0 aliphatic rings. The van der Waals surface area contributed by atoms with Crippen LogP contribution in [0, 0.1) is 0 Å². The minimum absolute atomic E-state index is 0.352. The average Bonchev–Trinajstić information content (AvgIpc) is 2.46. The van der Waals surface area contributed by atoms with Gasteiger partial charge in [-0.2, -0.15) is 13.2 Å². The molecule has 2 aromatic rings. The first-order valence-electron chi connectivity index (χ1n) is 6.18. The van der Waals surface area contributed by atoms with Crippen LogP contribution in [0.5, 0.6) is 0 Å². The molecular weight excluding hydrogens is 279 g/mol. The minimum Gasteiger partial charge on any atom is -0.383 e. The second kappa shape index (κ2) is 5.87. The molecule has 0 heterocycles. The summed E-state index contributed by atoms with van der Waals surface area (Å²) in [6, 6.07) is 12.0. The molecule has 2 rings (SSSR count). The number of anilines is 2. The lowest BCUT2D eigenvalue weighted by atomic mass is 10.1. The molecule has 0 unspecified atom stereocenters. The van der Waals surface area contributed by atoms with Crippen molar-refractivity contribution in [2.45, 2.75) is 6.18 Å². The van der Waals surface area contributed by atoms with Gasteiger partial charge in [-0.25, -0.2) is 0 Å². The number of para-hydroxylation sites is 1. The number of hydrogen-bond acceptors (Lipinski definition) is 2. The van der Waals surface area contributed by atoms with E-state index in [2.05, 4.69) is 10.3 Å². The smallest absolute Gasteiger partial charge is 0.383 e. The molecule has 0 amide bonds. The van der Waals surface area contributed by atoms with Crippen LogP contribution in [0.3, 0.4) is 0 Å². The summed E-state index contributed by atoms with van der Waals surface area (Å²) < 4.78 is 37.5. The number of hydrogen-bond donors (Lipinski definition) is 2. The van der Waals surface area contributed by atoms with Crippen LogP contribution in [0.1, 0.15) is 11.1 Å². The number of alkyl halides is 3. The van der Waals surface area contributed by atoms with Crippen molar-refractivity contribution in [2.75, 3.05) is 12.4 Å². The van der Waals surface area contributed by atoms with Gasteiger partial charge in [-0.05, 0) is 36.4 Å². The van der Waals surface area contributed by atoms with Crippen LogP contribution in [0.15, 0.2) is 53.5 Å². The molecule has 110 valence electrons. The molecule has 3 N–H and O–H groups in total. The number of nitrogens with two attached hydrogens (primary N) is 1. The largest absolute Gasteiger partial charge is 0.416 e. The van der Waals surface area contributed by atoms with Crippen molar-refractivity contribution in [1.29, 1.82) is 0 Å². The van der Waals surface area contributed by atoms with Gasteiger partial charge in [0.05, 0.1) is 5.56 Å². The van der Waals surface area contributed by atoms with E-state index in [0.717, 1.165) is 12.1 Å². The Labute approximate surface area is 120 Å². The predicted molar refractivity (Wildman–Crippen MR) is 77.8 cm³/mol. The van der Waals surface area contributed by atoms with Gasteiger partial charge >= 0.3 is 6.18 Å². The molecule has 0 aliphatic heterocycles. The Morgan fingerprint density at radius 3 is 2.24 bits per heavy atom. The second-order valence-electron chi connectivity index (χ2n) is 4.35. The Hall–Kier alpha value is -2.50. The highest BCUT2D eigenvalue weighted by Crippen LogP contribution is 2.30. The van der Waals surface area contributed by atoms with Crippen molar-refractivity contribution in [2.24, 2.45) is 10.7 Å². The zero-order chi connectivity index (χ0) is 15.5. The van der Waals surface area contributed by atoms with E-state index in [9.17, 15) is 13.2 Å². The third-order valence-electron chi connectivity index (χ3n) is 2.94. The summed E-state index contributed by atoms with van der Waals surface area (Å²) in [6.07, 6.45) is -4.34. The minimum atomic E-state index is -4.34. The lowest BCUT2D eigenvalue weighted by molar-refractivity contribution is -0.137. The number of benzene rings is 2. The first-order valence-corrected chi connectivity index (χ1v) is 6.18. The van der Waals surface area contributed by atoms with Crippen LogP contribution >= 0.6 is 0 Å². The van der Waals surface area contributed by atoms with Gasteiger partial charge < -0.3 is 11.1 Å². The SMILES string of the molecule is CN=C(N)c1ccccc1Nc1ccc(C(F)(F)F)cc1. The molecule has 0 spiro atoms. The average molecular weight is 293 g/mol. The van der Waals surface area contributed by atoms with E-state index in [1.807, 2.05) is 6.07 Å². The van der Waals surface area contributed by atoms with Crippen LogP contribution in [-0.4, -0.2) is 12.9 Å². The lowest BCUT2D eigenvalue weighted by Gasteiger charge is -2.12. The second-order valence-corrected chi connectivity index (χ2v) is 4.35. The number of rotatable bonds is 3. The first kappa shape index (κ1) is 14.9. The van der Waals surface area contributed by atoms with Crippen LogP contribution in [0.4, 0.5) is 24.5 Å². The number of nitrogens with one attached hydrogen (secondary N) is 1. The third kappa shape index (κ3) is 3.53. The van der Waals surface area contributed by atoms with Gasteiger partial charge in [0.2, 0.25) is 0 Å². The number of halogens is 3. The monoisotopic (exact) mass is 293 g/mol. The maximum atomic E-state index is 12.5. The summed E-state index contributed by atoms with van der Waals surface area (Å²) in [4.78, 5) is 3.91. The summed E-state index contributed by atoms with van der Waals surface area (Å²) in [6.45, 7) is 0. The molecule has 0 saturated heterocycles. The quantitative estimate of drug-likeness (QED) is 0.668. The normalized spacial score (nSPS) is 12.3. The van der Waals surface area contributed by atoms with E-state index in [1.54, 1.807) is 25.2 Å². The van der Waals surface area contributed by atoms with Gasteiger partial charge in [-0.3, -0.25) is 4.99 Å². The van der Waals surface area contributed by atoms with Crippen LogP contribution in [-0.2, 0) is 6.18 Å². The first-order chi connectivity index (χ1) is 9.91. The van der Waals surface area contributed by atoms with Crippen molar-refractivity contribution >= 4 is 17.2 Å². The van der Waals surface area contributed by atoms with E-state index >= 15 is 0 Å². The van der Waals surface area contributed by atoms with Crippen molar-refractivity contribution in [3.63, 3.8) is 0 Å². The van der Waals surface area contributed by atoms with Gasteiger partial charge in [0, 0.05) is 24.0 Å². The highest BCUT2D eigenvalue weighted by atomic mass is 19.4. The van der Waals surface area contributed by atoms with E-state index in [1.165, 1.54) is 12.1 Å². The fourth-order valence-corrected chi connectivity index (χ4v) is 1.83. The fourth-order valence-electron chi connectivity index (χ4n) is 1.83. The molecule has 0 aromatic heterocycles. The van der Waals surface area contributed by atoms with Crippen molar-refractivity contribution in [3.8, 4) is 0 Å². The highest BCUT2D eigenvalue weighted by molar-refractivity contribution is 6.02. The van der Waals surface area contributed by atoms with E-state index < -0.39 is 11.7 Å². The predicted octanol–water partition coefficient (Wildman–Crippen LogP) is 3.78. The molecule has 0 atom stereocenters. The molecular formula is C15H14F3N3. The van der Waals surface area contributed by atoms with E-state index in [0.29, 0.717) is 22.8 Å². The number of nitrogens with zero attached hydrogens (tertiary/aromatic N) is 1. The maximum absolute atomic E-state index is 12.5.